The Morgan fingerprint density at radius 2 is 1.76 bits per heavy atom. The minimum Gasteiger partial charge on any atom is -0.378 e. The number of benzene rings is 1. The Hall–Kier alpha value is -1.92. The number of hydrogen-bond donors (Lipinski definition) is 0. The molecule has 0 aliphatic heterocycles. The van der Waals surface area contributed by atoms with Crippen molar-refractivity contribution in [2.75, 3.05) is 6.61 Å². The van der Waals surface area contributed by atoms with Crippen molar-refractivity contribution in [3.8, 4) is 6.07 Å². The molecule has 0 unspecified atom stereocenters. The molecule has 0 bridgehead atoms. The smallest absolute Gasteiger partial charge is 0.199 e. The van der Waals surface area contributed by atoms with E-state index in [-0.39, 0.29) is 0 Å². The molecule has 29 heavy (non-hydrogen) atoms. The Kier molecular flexibility index (Phi) is 8.50. The van der Waals surface area contributed by atoms with E-state index >= 15 is 0 Å². The van der Waals surface area contributed by atoms with Crippen molar-refractivity contribution in [2.24, 2.45) is 11.8 Å². The molecule has 0 aromatic heterocycles. The van der Waals surface area contributed by atoms with Gasteiger partial charge < -0.3 is 4.74 Å². The number of aryl methyl sites for hydroxylation is 1. The van der Waals surface area contributed by atoms with Gasteiger partial charge in [-0.05, 0) is 92.7 Å². The van der Waals surface area contributed by atoms with Crippen molar-refractivity contribution in [3.63, 3.8) is 0 Å². The predicted molar refractivity (Wildman–Crippen MR) is 116 cm³/mol. The van der Waals surface area contributed by atoms with Crippen LogP contribution in [0.2, 0.25) is 0 Å². The molecule has 0 saturated heterocycles. The Labute approximate surface area is 175 Å². The molecule has 0 atom stereocenters. The summed E-state index contributed by atoms with van der Waals surface area (Å²) in [6.45, 7) is 3.09. The van der Waals surface area contributed by atoms with Crippen LogP contribution in [0, 0.1) is 23.2 Å². The molecule has 2 saturated carbocycles. The van der Waals surface area contributed by atoms with Gasteiger partial charge in [-0.15, -0.1) is 0 Å². The highest BCUT2D eigenvalue weighted by atomic mass is 19.1. The third-order valence-corrected chi connectivity index (χ3v) is 6.73. The van der Waals surface area contributed by atoms with E-state index < -0.39 is 5.83 Å². The summed E-state index contributed by atoms with van der Waals surface area (Å²) in [5.41, 5.74) is 2.92. The Morgan fingerprint density at radius 1 is 1.07 bits per heavy atom. The molecule has 0 N–H and O–H groups in total. The van der Waals surface area contributed by atoms with Crippen LogP contribution in [0.3, 0.4) is 0 Å². The van der Waals surface area contributed by atoms with Gasteiger partial charge in [-0.25, -0.2) is 0 Å². The fourth-order valence-corrected chi connectivity index (χ4v) is 4.74. The van der Waals surface area contributed by atoms with Crippen LogP contribution >= 0.6 is 0 Å². The molecule has 156 valence electrons. The highest BCUT2D eigenvalue weighted by Crippen LogP contribution is 2.35. The quantitative estimate of drug-likeness (QED) is 0.367. The van der Waals surface area contributed by atoms with E-state index in [9.17, 15) is 4.39 Å². The first-order valence-corrected chi connectivity index (χ1v) is 11.3. The van der Waals surface area contributed by atoms with Crippen molar-refractivity contribution in [2.45, 2.75) is 76.7 Å². The zero-order chi connectivity index (χ0) is 20.5. The number of allylic oxidation sites excluding steroid dienone is 4. The zero-order valence-electron chi connectivity index (χ0n) is 17.7. The van der Waals surface area contributed by atoms with E-state index in [4.69, 9.17) is 10.00 Å². The Balaban J connectivity index is 1.33. The number of halogens is 1. The van der Waals surface area contributed by atoms with Gasteiger partial charge in [0.25, 0.3) is 0 Å². The summed E-state index contributed by atoms with van der Waals surface area (Å²) in [6.07, 6.45) is 16.0. The van der Waals surface area contributed by atoms with E-state index in [1.807, 2.05) is 6.08 Å². The molecule has 0 spiro atoms. The summed E-state index contributed by atoms with van der Waals surface area (Å²) in [7, 11) is 0. The number of nitriles is 1. The molecular formula is C26H34FNO. The summed E-state index contributed by atoms with van der Waals surface area (Å²) in [5, 5.41) is 8.42. The summed E-state index contributed by atoms with van der Waals surface area (Å²) in [5.74, 6) is 1.13. The van der Waals surface area contributed by atoms with Crippen molar-refractivity contribution < 1.29 is 9.13 Å². The van der Waals surface area contributed by atoms with Crippen molar-refractivity contribution in [3.05, 3.63) is 59.4 Å². The lowest BCUT2D eigenvalue weighted by Crippen LogP contribution is -2.25. The van der Waals surface area contributed by atoms with Gasteiger partial charge in [0.05, 0.1) is 6.10 Å². The maximum atomic E-state index is 12.8. The third kappa shape index (κ3) is 6.82. The molecule has 3 rings (SSSR count). The number of nitrogens with zero attached hydrogens (tertiary/aromatic N) is 1. The lowest BCUT2D eigenvalue weighted by Gasteiger charge is -2.32. The van der Waals surface area contributed by atoms with Gasteiger partial charge in [-0.2, -0.15) is 9.65 Å². The average molecular weight is 396 g/mol. The third-order valence-electron chi connectivity index (χ3n) is 6.73. The number of ether oxygens (including phenoxy) is 1. The van der Waals surface area contributed by atoms with Crippen LogP contribution < -0.4 is 0 Å². The van der Waals surface area contributed by atoms with Gasteiger partial charge in [-0.3, -0.25) is 0 Å². The molecule has 3 heteroatoms. The van der Waals surface area contributed by atoms with Gasteiger partial charge in [0.1, 0.15) is 6.07 Å². The van der Waals surface area contributed by atoms with Crippen molar-refractivity contribution >= 4 is 0 Å². The van der Waals surface area contributed by atoms with Gasteiger partial charge in [0.2, 0.25) is 0 Å². The summed E-state index contributed by atoms with van der Waals surface area (Å²) >= 11 is 0. The van der Waals surface area contributed by atoms with Crippen LogP contribution in [0.25, 0.3) is 0 Å². The summed E-state index contributed by atoms with van der Waals surface area (Å²) in [4.78, 5) is 0. The largest absolute Gasteiger partial charge is 0.378 e. The second-order valence-electron chi connectivity index (χ2n) is 8.69. The predicted octanol–water partition coefficient (Wildman–Crippen LogP) is 7.03. The molecule has 1 aromatic carbocycles. The van der Waals surface area contributed by atoms with Gasteiger partial charge in [-0.1, -0.05) is 43.3 Å². The molecule has 1 aromatic rings. The van der Waals surface area contributed by atoms with Crippen LogP contribution in [-0.4, -0.2) is 12.7 Å². The van der Waals surface area contributed by atoms with Crippen LogP contribution in [0.1, 0.15) is 75.3 Å². The maximum absolute atomic E-state index is 12.8. The van der Waals surface area contributed by atoms with Gasteiger partial charge in [0.15, 0.2) is 5.83 Å². The fourth-order valence-electron chi connectivity index (χ4n) is 4.74. The highest BCUT2D eigenvalue weighted by molar-refractivity contribution is 5.25. The number of rotatable bonds is 7. The molecule has 2 aliphatic carbocycles. The first kappa shape index (κ1) is 21.8. The molecule has 2 nitrogen and oxygen atoms in total. The van der Waals surface area contributed by atoms with E-state index in [1.54, 1.807) is 6.08 Å². The molecule has 0 radical (unpaired) electrons. The summed E-state index contributed by atoms with van der Waals surface area (Å²) in [6, 6.07) is 10.7. The van der Waals surface area contributed by atoms with E-state index in [2.05, 4.69) is 31.2 Å². The zero-order valence-corrected chi connectivity index (χ0v) is 17.7. The highest BCUT2D eigenvalue weighted by Gasteiger charge is 2.25. The molecular weight excluding hydrogens is 361 g/mol. The lowest BCUT2D eigenvalue weighted by atomic mass is 9.81. The Bertz CT molecular complexity index is 714. The minimum absolute atomic E-state index is 0.429. The van der Waals surface area contributed by atoms with Crippen LogP contribution in [0.15, 0.2) is 48.3 Å². The summed E-state index contributed by atoms with van der Waals surface area (Å²) < 4.78 is 19.1. The SMILES string of the molecule is CCc1ccc(C2CCC(OCC3CCC(C=CC=C(F)C#N)CC3)CC2)cc1. The molecule has 2 aliphatic rings. The van der Waals surface area contributed by atoms with Gasteiger partial charge in [0, 0.05) is 6.61 Å². The van der Waals surface area contributed by atoms with E-state index in [1.165, 1.54) is 61.8 Å². The lowest BCUT2D eigenvalue weighted by molar-refractivity contribution is -0.00337. The van der Waals surface area contributed by atoms with Crippen LogP contribution in [-0.2, 0) is 11.2 Å². The fraction of sp³-hybridized carbons (Fsp3) is 0.577. The Morgan fingerprint density at radius 3 is 2.38 bits per heavy atom. The second-order valence-corrected chi connectivity index (χ2v) is 8.69. The molecule has 2 fully saturated rings. The van der Waals surface area contributed by atoms with E-state index in [0.717, 1.165) is 25.9 Å². The standard InChI is InChI=1S/C26H34FNO/c1-2-20-10-12-23(13-11-20)24-14-16-26(17-15-24)29-19-22-8-6-21(7-9-22)4-3-5-25(27)18-28/h3-5,10-13,21-22,24,26H,2,6-9,14-17,19H2,1H3. The van der Waals surface area contributed by atoms with Gasteiger partial charge >= 0.3 is 0 Å². The monoisotopic (exact) mass is 395 g/mol. The van der Waals surface area contributed by atoms with Crippen molar-refractivity contribution in [1.82, 2.24) is 0 Å². The maximum Gasteiger partial charge on any atom is 0.199 e. The van der Waals surface area contributed by atoms with E-state index in [0.29, 0.717) is 23.9 Å². The topological polar surface area (TPSA) is 33.0 Å². The first-order valence-electron chi connectivity index (χ1n) is 11.3. The second kappa shape index (κ2) is 11.3. The average Bonchev–Trinajstić information content (AvgIpc) is 2.79. The van der Waals surface area contributed by atoms with Crippen molar-refractivity contribution in [1.29, 1.82) is 5.26 Å². The molecule has 0 amide bonds. The first-order chi connectivity index (χ1) is 14.2. The molecule has 0 heterocycles. The minimum atomic E-state index is -0.726. The van der Waals surface area contributed by atoms with Crippen LogP contribution in [0.5, 0.6) is 0 Å². The number of hydrogen-bond acceptors (Lipinski definition) is 2. The normalized spacial score (nSPS) is 28.4. The van der Waals surface area contributed by atoms with Crippen LogP contribution in [0.4, 0.5) is 4.39 Å².